The van der Waals surface area contributed by atoms with Crippen molar-refractivity contribution in [2.75, 3.05) is 49.1 Å². The Labute approximate surface area is 181 Å². The highest BCUT2D eigenvalue weighted by atomic mass is 16.4. The largest absolute Gasteiger partial charge is 0.473 e. The van der Waals surface area contributed by atoms with Gasteiger partial charge in [-0.25, -0.2) is 9.59 Å². The van der Waals surface area contributed by atoms with E-state index in [1.165, 1.54) is 11.3 Å². The van der Waals surface area contributed by atoms with Gasteiger partial charge < -0.3 is 20.0 Å². The van der Waals surface area contributed by atoms with E-state index in [0.29, 0.717) is 6.42 Å². The Balaban J connectivity index is 0.000000401. The lowest BCUT2D eigenvalue weighted by Gasteiger charge is -2.37. The maximum absolute atomic E-state index is 12.4. The maximum atomic E-state index is 12.4. The van der Waals surface area contributed by atoms with Crippen LogP contribution in [0.1, 0.15) is 12.0 Å². The van der Waals surface area contributed by atoms with Crippen LogP contribution in [-0.2, 0) is 20.8 Å². The number of para-hydroxylation sites is 2. The first-order chi connectivity index (χ1) is 15.0. The fourth-order valence-electron chi connectivity index (χ4n) is 3.85. The lowest BCUT2D eigenvalue weighted by molar-refractivity contribution is -0.159. The first-order valence-corrected chi connectivity index (χ1v) is 10.3. The first-order valence-electron chi connectivity index (χ1n) is 10.3. The maximum Gasteiger partial charge on any atom is 0.414 e. The molecule has 0 saturated carbocycles. The van der Waals surface area contributed by atoms with Crippen LogP contribution in [0.5, 0.6) is 0 Å². The topological polar surface area (TPSA) is 101 Å². The van der Waals surface area contributed by atoms with Gasteiger partial charge in [0.1, 0.15) is 0 Å². The Morgan fingerprint density at radius 1 is 0.774 bits per heavy atom. The number of hydrogen-bond acceptors (Lipinski definition) is 5. The summed E-state index contributed by atoms with van der Waals surface area (Å²) in [6.45, 7) is 5.95. The fraction of sp³-hybridized carbons (Fsp3) is 0.348. The second-order valence-corrected chi connectivity index (χ2v) is 7.45. The molecule has 0 radical (unpaired) electrons. The van der Waals surface area contributed by atoms with E-state index in [1.54, 1.807) is 0 Å². The SMILES string of the molecule is O=C(O)C(=O)O.O=C1CCc2ccccc2N1CCN1CCN(c2ccccc2)CC1. The van der Waals surface area contributed by atoms with Gasteiger partial charge in [-0.05, 0) is 30.2 Å². The number of rotatable bonds is 4. The average molecular weight is 425 g/mol. The van der Waals surface area contributed by atoms with E-state index in [4.69, 9.17) is 19.8 Å². The summed E-state index contributed by atoms with van der Waals surface area (Å²) in [5.41, 5.74) is 3.72. The van der Waals surface area contributed by atoms with E-state index < -0.39 is 11.9 Å². The van der Waals surface area contributed by atoms with E-state index in [1.807, 2.05) is 11.0 Å². The van der Waals surface area contributed by atoms with Gasteiger partial charge >= 0.3 is 11.9 Å². The highest BCUT2D eigenvalue weighted by molar-refractivity contribution is 6.27. The molecule has 0 unspecified atom stereocenters. The van der Waals surface area contributed by atoms with Crippen LogP contribution >= 0.6 is 0 Å². The third kappa shape index (κ3) is 6.05. The first kappa shape index (κ1) is 22.3. The number of amides is 1. The van der Waals surface area contributed by atoms with Crippen molar-refractivity contribution in [3.8, 4) is 0 Å². The molecule has 1 amide bonds. The lowest BCUT2D eigenvalue weighted by Crippen LogP contribution is -2.49. The zero-order valence-corrected chi connectivity index (χ0v) is 17.3. The Hall–Kier alpha value is -3.39. The summed E-state index contributed by atoms with van der Waals surface area (Å²) in [5, 5.41) is 14.8. The molecule has 1 saturated heterocycles. The van der Waals surface area contributed by atoms with Crippen LogP contribution in [0.4, 0.5) is 11.4 Å². The number of benzene rings is 2. The molecule has 0 aliphatic carbocycles. The number of carbonyl (C=O) groups is 3. The third-order valence-corrected chi connectivity index (χ3v) is 5.51. The van der Waals surface area contributed by atoms with Crippen molar-refractivity contribution in [3.05, 3.63) is 60.2 Å². The second-order valence-electron chi connectivity index (χ2n) is 7.45. The molecule has 164 valence electrons. The number of piperazine rings is 1. The number of fused-ring (bicyclic) bond motifs is 1. The van der Waals surface area contributed by atoms with Crippen LogP contribution in [0.15, 0.2) is 54.6 Å². The highest BCUT2D eigenvalue weighted by Crippen LogP contribution is 2.27. The molecule has 31 heavy (non-hydrogen) atoms. The number of carboxylic acids is 2. The number of nitrogens with zero attached hydrogens (tertiary/aromatic N) is 3. The minimum absolute atomic E-state index is 0.265. The number of carboxylic acid groups (broad SMARTS) is 2. The van der Waals surface area contributed by atoms with Gasteiger partial charge in [0.2, 0.25) is 5.91 Å². The van der Waals surface area contributed by atoms with Crippen molar-refractivity contribution < 1.29 is 24.6 Å². The Morgan fingerprint density at radius 3 is 2.03 bits per heavy atom. The molecule has 2 aliphatic heterocycles. The number of aliphatic carboxylic acids is 2. The molecule has 2 N–H and O–H groups in total. The smallest absolute Gasteiger partial charge is 0.414 e. The van der Waals surface area contributed by atoms with Gasteiger partial charge in [0.15, 0.2) is 0 Å². The zero-order valence-electron chi connectivity index (χ0n) is 17.3. The third-order valence-electron chi connectivity index (χ3n) is 5.51. The Bertz CT molecular complexity index is 898. The van der Waals surface area contributed by atoms with Crippen molar-refractivity contribution in [3.63, 3.8) is 0 Å². The number of anilines is 2. The van der Waals surface area contributed by atoms with Gasteiger partial charge in [0.05, 0.1) is 0 Å². The van der Waals surface area contributed by atoms with Gasteiger partial charge in [0, 0.05) is 57.1 Å². The number of aryl methyl sites for hydroxylation is 1. The van der Waals surface area contributed by atoms with Crippen molar-refractivity contribution in [1.82, 2.24) is 4.90 Å². The summed E-state index contributed by atoms with van der Waals surface area (Å²) in [7, 11) is 0. The van der Waals surface area contributed by atoms with E-state index in [-0.39, 0.29) is 5.91 Å². The van der Waals surface area contributed by atoms with Gasteiger partial charge in [-0.1, -0.05) is 36.4 Å². The van der Waals surface area contributed by atoms with Gasteiger partial charge in [0.25, 0.3) is 0 Å². The quantitative estimate of drug-likeness (QED) is 0.722. The minimum atomic E-state index is -1.82. The average Bonchev–Trinajstić information content (AvgIpc) is 2.80. The molecule has 4 rings (SSSR count). The fourth-order valence-corrected chi connectivity index (χ4v) is 3.85. The van der Waals surface area contributed by atoms with Gasteiger partial charge in [-0.3, -0.25) is 9.69 Å². The summed E-state index contributed by atoms with van der Waals surface area (Å²) < 4.78 is 0. The van der Waals surface area contributed by atoms with Crippen LogP contribution in [-0.4, -0.2) is 72.2 Å². The van der Waals surface area contributed by atoms with Crippen LogP contribution in [0.3, 0.4) is 0 Å². The molecule has 2 aromatic rings. The van der Waals surface area contributed by atoms with Crippen LogP contribution in [0.2, 0.25) is 0 Å². The van der Waals surface area contributed by atoms with Crippen molar-refractivity contribution in [2.45, 2.75) is 12.8 Å². The van der Waals surface area contributed by atoms with Crippen molar-refractivity contribution >= 4 is 29.2 Å². The molecule has 2 aliphatic rings. The van der Waals surface area contributed by atoms with Crippen LogP contribution < -0.4 is 9.80 Å². The summed E-state index contributed by atoms with van der Waals surface area (Å²) >= 11 is 0. The second kappa shape index (κ2) is 10.6. The summed E-state index contributed by atoms with van der Waals surface area (Å²) in [4.78, 5) is 37.5. The molecule has 1 fully saturated rings. The summed E-state index contributed by atoms with van der Waals surface area (Å²) in [5.74, 6) is -3.38. The van der Waals surface area contributed by atoms with Gasteiger partial charge in [-0.2, -0.15) is 0 Å². The van der Waals surface area contributed by atoms with E-state index in [0.717, 1.165) is 51.4 Å². The molecule has 2 heterocycles. The number of carbonyl (C=O) groups excluding carboxylic acids is 1. The predicted molar refractivity (Wildman–Crippen MR) is 117 cm³/mol. The van der Waals surface area contributed by atoms with E-state index >= 15 is 0 Å². The van der Waals surface area contributed by atoms with Crippen molar-refractivity contribution in [2.24, 2.45) is 0 Å². The van der Waals surface area contributed by atoms with Crippen LogP contribution in [0.25, 0.3) is 0 Å². The Kier molecular flexibility index (Phi) is 7.61. The van der Waals surface area contributed by atoms with Gasteiger partial charge in [-0.15, -0.1) is 0 Å². The molecular formula is C23H27N3O5. The predicted octanol–water partition coefficient (Wildman–Crippen LogP) is 1.94. The molecule has 0 atom stereocenters. The molecule has 8 nitrogen and oxygen atoms in total. The summed E-state index contributed by atoms with van der Waals surface area (Å²) in [6, 6.07) is 18.9. The van der Waals surface area contributed by atoms with E-state index in [2.05, 4.69) is 58.3 Å². The highest BCUT2D eigenvalue weighted by Gasteiger charge is 2.25. The molecule has 0 spiro atoms. The van der Waals surface area contributed by atoms with E-state index in [9.17, 15) is 4.79 Å². The number of hydrogen-bond donors (Lipinski definition) is 2. The summed E-state index contributed by atoms with van der Waals surface area (Å²) in [6.07, 6.45) is 1.51. The molecular weight excluding hydrogens is 398 g/mol. The molecule has 0 bridgehead atoms. The van der Waals surface area contributed by atoms with Crippen molar-refractivity contribution in [1.29, 1.82) is 0 Å². The minimum Gasteiger partial charge on any atom is -0.473 e. The monoisotopic (exact) mass is 425 g/mol. The van der Waals surface area contributed by atoms with Crippen LogP contribution in [0, 0.1) is 0 Å². The lowest BCUT2D eigenvalue weighted by atomic mass is 10.0. The zero-order chi connectivity index (χ0) is 22.2. The molecule has 8 heteroatoms. The standard InChI is InChI=1S/C21H25N3O.C2H2O4/c25-21-11-10-18-6-4-5-9-20(18)24(21)17-14-22-12-15-23(16-13-22)19-7-2-1-3-8-19;3-1(4)2(5)6/h1-9H,10-17H2;(H,3,4)(H,5,6). The molecule has 2 aromatic carbocycles. The normalized spacial score (nSPS) is 16.2. The molecule has 0 aromatic heterocycles. The Morgan fingerprint density at radius 2 is 1.39 bits per heavy atom.